The number of amides is 1. The molecule has 1 saturated carbocycles. The monoisotopic (exact) mass is 423 g/mol. The van der Waals surface area contributed by atoms with Crippen LogP contribution < -0.4 is 9.47 Å². The minimum absolute atomic E-state index is 0.0556. The molecule has 0 aliphatic heterocycles. The standard InChI is InChI=1S/C25H29NO5/c1-18(21-11-12-21)26(16-20-7-5-4-6-8-20)24(27)17-31-22-13-9-19(15-23(22)29-2)10-14-25(28)30-3/h4-10,13-15,18,21H,11-12,16-17H2,1-3H3/b14-10+. The van der Waals surface area contributed by atoms with E-state index < -0.39 is 5.97 Å². The molecule has 6 heteroatoms. The first-order valence-corrected chi connectivity index (χ1v) is 10.4. The number of methoxy groups -OCH3 is 2. The summed E-state index contributed by atoms with van der Waals surface area (Å²) in [5.74, 6) is 1.03. The Labute approximate surface area is 183 Å². The molecule has 3 rings (SSSR count). The van der Waals surface area contributed by atoms with Crippen LogP contribution >= 0.6 is 0 Å². The number of ether oxygens (including phenoxy) is 3. The van der Waals surface area contributed by atoms with Gasteiger partial charge in [-0.15, -0.1) is 0 Å². The minimum Gasteiger partial charge on any atom is -0.493 e. The van der Waals surface area contributed by atoms with Crippen LogP contribution in [0.4, 0.5) is 0 Å². The highest BCUT2D eigenvalue weighted by Gasteiger charge is 2.34. The summed E-state index contributed by atoms with van der Waals surface area (Å²) < 4.78 is 15.8. The first-order valence-electron chi connectivity index (χ1n) is 10.4. The van der Waals surface area contributed by atoms with Crippen molar-refractivity contribution in [3.8, 4) is 11.5 Å². The number of benzene rings is 2. The van der Waals surface area contributed by atoms with Crippen LogP contribution in [0.15, 0.2) is 54.6 Å². The van der Waals surface area contributed by atoms with Crippen LogP contribution in [0.1, 0.15) is 30.9 Å². The molecule has 0 saturated heterocycles. The Morgan fingerprint density at radius 3 is 2.48 bits per heavy atom. The summed E-state index contributed by atoms with van der Waals surface area (Å²) >= 11 is 0. The molecule has 164 valence electrons. The lowest BCUT2D eigenvalue weighted by Gasteiger charge is -2.29. The second-order valence-electron chi connectivity index (χ2n) is 7.64. The zero-order valence-electron chi connectivity index (χ0n) is 18.2. The molecule has 1 unspecified atom stereocenters. The van der Waals surface area contributed by atoms with E-state index in [9.17, 15) is 9.59 Å². The topological polar surface area (TPSA) is 65.1 Å². The highest BCUT2D eigenvalue weighted by atomic mass is 16.5. The molecule has 0 heterocycles. The Bertz CT molecular complexity index is 921. The highest BCUT2D eigenvalue weighted by Crippen LogP contribution is 2.36. The molecule has 1 aliphatic carbocycles. The average molecular weight is 424 g/mol. The third-order valence-electron chi connectivity index (χ3n) is 5.46. The largest absolute Gasteiger partial charge is 0.493 e. The van der Waals surface area contributed by atoms with Gasteiger partial charge in [0.25, 0.3) is 5.91 Å². The fourth-order valence-electron chi connectivity index (χ4n) is 3.43. The third kappa shape index (κ3) is 6.35. The maximum absolute atomic E-state index is 13.1. The number of carbonyl (C=O) groups is 2. The second kappa shape index (κ2) is 10.7. The lowest BCUT2D eigenvalue weighted by Crippen LogP contribution is -2.42. The van der Waals surface area contributed by atoms with Gasteiger partial charge in [0.15, 0.2) is 18.1 Å². The highest BCUT2D eigenvalue weighted by molar-refractivity contribution is 5.87. The number of rotatable bonds is 10. The Hall–Kier alpha value is -3.28. The molecule has 0 spiro atoms. The van der Waals surface area contributed by atoms with Gasteiger partial charge in [0, 0.05) is 18.7 Å². The third-order valence-corrected chi connectivity index (χ3v) is 5.46. The van der Waals surface area contributed by atoms with Crippen LogP contribution in [0.25, 0.3) is 6.08 Å². The minimum atomic E-state index is -0.437. The normalized spacial score (nSPS) is 14.2. The van der Waals surface area contributed by atoms with E-state index in [0.29, 0.717) is 24.0 Å². The molecule has 6 nitrogen and oxygen atoms in total. The van der Waals surface area contributed by atoms with Gasteiger partial charge in [-0.25, -0.2) is 4.79 Å². The van der Waals surface area contributed by atoms with Gasteiger partial charge in [-0.05, 0) is 55.0 Å². The summed E-state index contributed by atoms with van der Waals surface area (Å²) in [5, 5.41) is 0. The zero-order valence-corrected chi connectivity index (χ0v) is 18.2. The van der Waals surface area contributed by atoms with E-state index >= 15 is 0 Å². The van der Waals surface area contributed by atoms with Crippen LogP contribution in [0.3, 0.4) is 0 Å². The predicted octanol–water partition coefficient (Wildman–Crippen LogP) is 4.09. The molecule has 0 radical (unpaired) electrons. The molecule has 0 N–H and O–H groups in total. The summed E-state index contributed by atoms with van der Waals surface area (Å²) in [6, 6.07) is 15.4. The molecule has 0 bridgehead atoms. The molecule has 2 aromatic carbocycles. The van der Waals surface area contributed by atoms with E-state index in [1.807, 2.05) is 35.2 Å². The maximum Gasteiger partial charge on any atom is 0.330 e. The van der Waals surface area contributed by atoms with E-state index in [1.165, 1.54) is 20.3 Å². The Morgan fingerprint density at radius 1 is 1.10 bits per heavy atom. The van der Waals surface area contributed by atoms with Gasteiger partial charge in [0.05, 0.1) is 14.2 Å². The fourth-order valence-corrected chi connectivity index (χ4v) is 3.43. The van der Waals surface area contributed by atoms with Gasteiger partial charge in [-0.2, -0.15) is 0 Å². The summed E-state index contributed by atoms with van der Waals surface area (Å²) in [6.07, 6.45) is 5.28. The summed E-state index contributed by atoms with van der Waals surface area (Å²) in [4.78, 5) is 26.3. The van der Waals surface area contributed by atoms with Crippen molar-refractivity contribution in [1.82, 2.24) is 4.90 Å². The van der Waals surface area contributed by atoms with Crippen molar-refractivity contribution in [2.45, 2.75) is 32.4 Å². The fraction of sp³-hybridized carbons (Fsp3) is 0.360. The number of hydrogen-bond acceptors (Lipinski definition) is 5. The van der Waals surface area contributed by atoms with Crippen molar-refractivity contribution >= 4 is 18.0 Å². The Balaban J connectivity index is 1.68. The van der Waals surface area contributed by atoms with Crippen LogP contribution in [0.2, 0.25) is 0 Å². The van der Waals surface area contributed by atoms with Gasteiger partial charge in [0.1, 0.15) is 0 Å². The second-order valence-corrected chi connectivity index (χ2v) is 7.64. The van der Waals surface area contributed by atoms with E-state index in [1.54, 1.807) is 24.3 Å². The van der Waals surface area contributed by atoms with Crippen molar-refractivity contribution in [3.05, 3.63) is 65.7 Å². The van der Waals surface area contributed by atoms with Gasteiger partial charge in [-0.1, -0.05) is 36.4 Å². The maximum atomic E-state index is 13.1. The van der Waals surface area contributed by atoms with Crippen molar-refractivity contribution in [2.24, 2.45) is 5.92 Å². The molecule has 1 fully saturated rings. The molecule has 1 atom stereocenters. The Kier molecular flexibility index (Phi) is 7.70. The summed E-state index contributed by atoms with van der Waals surface area (Å²) in [5.41, 5.74) is 1.86. The smallest absolute Gasteiger partial charge is 0.330 e. The SMILES string of the molecule is COC(=O)/C=C/c1ccc(OCC(=O)N(Cc2ccccc2)C(C)C2CC2)c(OC)c1. The predicted molar refractivity (Wildman–Crippen MR) is 119 cm³/mol. The van der Waals surface area contributed by atoms with Crippen molar-refractivity contribution in [3.63, 3.8) is 0 Å². The number of nitrogens with zero attached hydrogens (tertiary/aromatic N) is 1. The van der Waals surface area contributed by atoms with Gasteiger partial charge in [-0.3, -0.25) is 4.79 Å². The number of hydrogen-bond donors (Lipinski definition) is 0. The molecule has 0 aromatic heterocycles. The van der Waals surface area contributed by atoms with Crippen LogP contribution in [-0.4, -0.2) is 43.6 Å². The molecule has 31 heavy (non-hydrogen) atoms. The van der Waals surface area contributed by atoms with Gasteiger partial charge in [0.2, 0.25) is 0 Å². The van der Waals surface area contributed by atoms with Crippen molar-refractivity contribution in [1.29, 1.82) is 0 Å². The molecular weight excluding hydrogens is 394 g/mol. The molecule has 1 aliphatic rings. The first kappa shape index (κ1) is 22.4. The Morgan fingerprint density at radius 2 is 1.84 bits per heavy atom. The molecule has 1 amide bonds. The van der Waals surface area contributed by atoms with Gasteiger partial charge < -0.3 is 19.1 Å². The van der Waals surface area contributed by atoms with Crippen LogP contribution in [0.5, 0.6) is 11.5 Å². The molecule has 2 aromatic rings. The van der Waals surface area contributed by atoms with Crippen LogP contribution in [0, 0.1) is 5.92 Å². The summed E-state index contributed by atoms with van der Waals surface area (Å²) in [6.45, 7) is 2.61. The van der Waals surface area contributed by atoms with Crippen molar-refractivity contribution in [2.75, 3.05) is 20.8 Å². The quantitative estimate of drug-likeness (QED) is 0.425. The van der Waals surface area contributed by atoms with E-state index in [-0.39, 0.29) is 18.6 Å². The first-order chi connectivity index (χ1) is 15.0. The van der Waals surface area contributed by atoms with E-state index in [2.05, 4.69) is 11.7 Å². The lowest BCUT2D eigenvalue weighted by molar-refractivity contribution is -0.136. The van der Waals surface area contributed by atoms with Crippen LogP contribution in [-0.2, 0) is 20.9 Å². The van der Waals surface area contributed by atoms with E-state index in [4.69, 9.17) is 9.47 Å². The average Bonchev–Trinajstić information content (AvgIpc) is 3.65. The zero-order chi connectivity index (χ0) is 22.2. The lowest BCUT2D eigenvalue weighted by atomic mass is 10.1. The van der Waals surface area contributed by atoms with Crippen molar-refractivity contribution < 1.29 is 23.8 Å². The summed E-state index contributed by atoms with van der Waals surface area (Å²) in [7, 11) is 2.86. The number of esters is 1. The molecular formula is C25H29NO5. The van der Waals surface area contributed by atoms with Gasteiger partial charge >= 0.3 is 5.97 Å². The number of carbonyl (C=O) groups excluding carboxylic acids is 2. The van der Waals surface area contributed by atoms with E-state index in [0.717, 1.165) is 24.0 Å².